The third kappa shape index (κ3) is 3.78. The zero-order valence-corrected chi connectivity index (χ0v) is 10.7. The summed E-state index contributed by atoms with van der Waals surface area (Å²) in [5.41, 5.74) is 0. The Bertz CT molecular complexity index is 332. The number of rotatable bonds is 6. The zero-order chi connectivity index (χ0) is 13.5. The minimum Gasteiger partial charge on any atom is -0.383 e. The molecule has 1 heterocycles. The van der Waals surface area contributed by atoms with E-state index in [1.54, 1.807) is 0 Å². The Balaban J connectivity index is 2.49. The maximum Gasteiger partial charge on any atom is 0.246 e. The molecule has 7 heteroatoms. The molecule has 1 aliphatic heterocycles. The van der Waals surface area contributed by atoms with Crippen molar-refractivity contribution in [2.24, 2.45) is 0 Å². The smallest absolute Gasteiger partial charge is 0.246 e. The van der Waals surface area contributed by atoms with Crippen LogP contribution in [0.25, 0.3) is 0 Å². The highest BCUT2D eigenvalue weighted by atomic mass is 16.5. The third-order valence-electron chi connectivity index (χ3n) is 2.70. The molecule has 1 atom stereocenters. The lowest BCUT2D eigenvalue weighted by Gasteiger charge is -2.30. The van der Waals surface area contributed by atoms with Crippen molar-refractivity contribution in [3.8, 4) is 0 Å². The molecule has 0 bridgehead atoms. The second-order valence-corrected chi connectivity index (χ2v) is 4.00. The van der Waals surface area contributed by atoms with Gasteiger partial charge >= 0.3 is 0 Å². The molecule has 3 amide bonds. The molecule has 0 saturated carbocycles. The lowest BCUT2D eigenvalue weighted by Crippen LogP contribution is -2.59. The van der Waals surface area contributed by atoms with Gasteiger partial charge in [-0.3, -0.25) is 24.6 Å². The predicted octanol–water partition coefficient (Wildman–Crippen LogP) is -1.51. The summed E-state index contributed by atoms with van der Waals surface area (Å²) in [6.07, 6.45) is 0.591. The fourth-order valence-electron chi connectivity index (χ4n) is 1.68. The highest BCUT2D eigenvalue weighted by Crippen LogP contribution is 2.05. The molecular weight excluding hydrogens is 238 g/mol. The van der Waals surface area contributed by atoms with E-state index in [9.17, 15) is 14.4 Å². The van der Waals surface area contributed by atoms with Crippen molar-refractivity contribution < 1.29 is 19.1 Å². The number of nitrogens with one attached hydrogen (secondary N) is 2. The van der Waals surface area contributed by atoms with Crippen LogP contribution in [-0.4, -0.2) is 62.0 Å². The number of amides is 3. The Kier molecular flexibility index (Phi) is 5.73. The van der Waals surface area contributed by atoms with Crippen LogP contribution in [0.4, 0.5) is 0 Å². The van der Waals surface area contributed by atoms with Crippen LogP contribution >= 0.6 is 0 Å². The standard InChI is InChI=1S/C11H19N3O4/c1-3-8-11(17)14(10(16)6-13-8)7-9(15)12-4-5-18-2/h8,13H,3-7H2,1-2H3,(H,12,15). The van der Waals surface area contributed by atoms with E-state index < -0.39 is 0 Å². The first kappa shape index (κ1) is 14.6. The molecule has 0 aromatic heterocycles. The third-order valence-corrected chi connectivity index (χ3v) is 2.70. The lowest BCUT2D eigenvalue weighted by atomic mass is 10.1. The molecule has 0 aromatic rings. The van der Waals surface area contributed by atoms with Gasteiger partial charge in [0.05, 0.1) is 19.2 Å². The number of imide groups is 1. The first-order chi connectivity index (χ1) is 8.60. The van der Waals surface area contributed by atoms with Crippen molar-refractivity contribution in [2.75, 3.05) is 33.4 Å². The van der Waals surface area contributed by atoms with E-state index in [0.717, 1.165) is 4.90 Å². The van der Waals surface area contributed by atoms with Crippen LogP contribution in [-0.2, 0) is 19.1 Å². The number of hydrogen-bond donors (Lipinski definition) is 2. The van der Waals surface area contributed by atoms with Crippen LogP contribution in [0.2, 0.25) is 0 Å². The Morgan fingerprint density at radius 3 is 2.89 bits per heavy atom. The maximum absolute atomic E-state index is 11.9. The summed E-state index contributed by atoms with van der Waals surface area (Å²) in [6.45, 7) is 2.48. The second kappa shape index (κ2) is 7.07. The molecule has 0 spiro atoms. The summed E-state index contributed by atoms with van der Waals surface area (Å²) in [4.78, 5) is 36.0. The van der Waals surface area contributed by atoms with Gasteiger partial charge in [0, 0.05) is 13.7 Å². The van der Waals surface area contributed by atoms with Crippen LogP contribution in [0.1, 0.15) is 13.3 Å². The molecule has 1 rings (SSSR count). The molecule has 1 aliphatic rings. The van der Waals surface area contributed by atoms with E-state index >= 15 is 0 Å². The summed E-state index contributed by atoms with van der Waals surface area (Å²) < 4.78 is 4.79. The number of carbonyl (C=O) groups is 3. The maximum atomic E-state index is 11.9. The van der Waals surface area contributed by atoms with Crippen molar-refractivity contribution in [3.63, 3.8) is 0 Å². The van der Waals surface area contributed by atoms with Gasteiger partial charge in [0.25, 0.3) is 0 Å². The van der Waals surface area contributed by atoms with E-state index in [-0.39, 0.29) is 36.9 Å². The molecular formula is C11H19N3O4. The number of ether oxygens (including phenoxy) is 1. The Hall–Kier alpha value is -1.47. The SMILES string of the molecule is CCC1NCC(=O)N(CC(=O)NCCOC)C1=O. The molecule has 1 unspecified atom stereocenters. The van der Waals surface area contributed by atoms with Crippen LogP contribution in [0.3, 0.4) is 0 Å². The van der Waals surface area contributed by atoms with Crippen LogP contribution in [0, 0.1) is 0 Å². The average molecular weight is 257 g/mol. The molecule has 0 aromatic carbocycles. The van der Waals surface area contributed by atoms with Gasteiger partial charge in [-0.25, -0.2) is 0 Å². The highest BCUT2D eigenvalue weighted by molar-refractivity contribution is 6.03. The molecule has 0 radical (unpaired) electrons. The Labute approximate surface area is 106 Å². The molecule has 1 fully saturated rings. The second-order valence-electron chi connectivity index (χ2n) is 4.00. The zero-order valence-electron chi connectivity index (χ0n) is 10.7. The molecule has 102 valence electrons. The predicted molar refractivity (Wildman–Crippen MR) is 63.7 cm³/mol. The summed E-state index contributed by atoms with van der Waals surface area (Å²) in [6, 6.07) is -0.380. The summed E-state index contributed by atoms with van der Waals surface area (Å²) in [7, 11) is 1.53. The van der Waals surface area contributed by atoms with Gasteiger partial charge in [0.15, 0.2) is 0 Å². The monoisotopic (exact) mass is 257 g/mol. The molecule has 18 heavy (non-hydrogen) atoms. The van der Waals surface area contributed by atoms with Crippen LogP contribution < -0.4 is 10.6 Å². The van der Waals surface area contributed by atoms with Gasteiger partial charge in [0.2, 0.25) is 17.7 Å². The molecule has 0 aliphatic carbocycles. The molecule has 2 N–H and O–H groups in total. The van der Waals surface area contributed by atoms with E-state index in [4.69, 9.17) is 4.74 Å². The number of hydrogen-bond acceptors (Lipinski definition) is 5. The van der Waals surface area contributed by atoms with Crippen molar-refractivity contribution >= 4 is 17.7 Å². The van der Waals surface area contributed by atoms with Crippen molar-refractivity contribution in [1.29, 1.82) is 0 Å². The Morgan fingerprint density at radius 2 is 2.28 bits per heavy atom. The first-order valence-electron chi connectivity index (χ1n) is 5.93. The van der Waals surface area contributed by atoms with E-state index in [1.807, 2.05) is 6.92 Å². The number of carbonyl (C=O) groups excluding carboxylic acids is 3. The highest BCUT2D eigenvalue weighted by Gasteiger charge is 2.33. The largest absolute Gasteiger partial charge is 0.383 e. The van der Waals surface area contributed by atoms with Crippen LogP contribution in [0.15, 0.2) is 0 Å². The topological polar surface area (TPSA) is 87.7 Å². The minimum atomic E-state index is -0.380. The van der Waals surface area contributed by atoms with Gasteiger partial charge in [-0.2, -0.15) is 0 Å². The fraction of sp³-hybridized carbons (Fsp3) is 0.727. The quantitative estimate of drug-likeness (QED) is 0.446. The summed E-state index contributed by atoms with van der Waals surface area (Å²) in [5.74, 6) is -1.06. The lowest BCUT2D eigenvalue weighted by molar-refractivity contribution is -0.152. The van der Waals surface area contributed by atoms with Gasteiger partial charge < -0.3 is 10.1 Å². The number of methoxy groups -OCH3 is 1. The molecule has 1 saturated heterocycles. The average Bonchev–Trinajstić information content (AvgIpc) is 2.35. The minimum absolute atomic E-state index is 0.0929. The molecule has 7 nitrogen and oxygen atoms in total. The first-order valence-corrected chi connectivity index (χ1v) is 5.93. The van der Waals surface area contributed by atoms with Crippen LogP contribution in [0.5, 0.6) is 0 Å². The number of piperazine rings is 1. The van der Waals surface area contributed by atoms with Gasteiger partial charge in [0.1, 0.15) is 6.54 Å². The van der Waals surface area contributed by atoms with E-state index in [2.05, 4.69) is 10.6 Å². The van der Waals surface area contributed by atoms with Gasteiger partial charge in [-0.1, -0.05) is 6.92 Å². The van der Waals surface area contributed by atoms with E-state index in [0.29, 0.717) is 19.6 Å². The van der Waals surface area contributed by atoms with Crippen molar-refractivity contribution in [1.82, 2.24) is 15.5 Å². The van der Waals surface area contributed by atoms with E-state index in [1.165, 1.54) is 7.11 Å². The van der Waals surface area contributed by atoms with Gasteiger partial charge in [-0.15, -0.1) is 0 Å². The summed E-state index contributed by atoms with van der Waals surface area (Å²) in [5, 5.41) is 5.41. The van der Waals surface area contributed by atoms with Crippen molar-refractivity contribution in [2.45, 2.75) is 19.4 Å². The summed E-state index contributed by atoms with van der Waals surface area (Å²) >= 11 is 0. The van der Waals surface area contributed by atoms with Gasteiger partial charge in [-0.05, 0) is 6.42 Å². The fourth-order valence-corrected chi connectivity index (χ4v) is 1.68. The Morgan fingerprint density at radius 1 is 1.56 bits per heavy atom. The van der Waals surface area contributed by atoms with Crippen molar-refractivity contribution in [3.05, 3.63) is 0 Å². The normalized spacial score (nSPS) is 20.1. The number of nitrogens with zero attached hydrogens (tertiary/aromatic N) is 1.